The second-order valence-electron chi connectivity index (χ2n) is 7.57. The highest BCUT2D eigenvalue weighted by atomic mass is 32.2. The number of fused-ring (bicyclic) bond motifs is 1. The SMILES string of the molecule is CC(=O)c1ccccc1NC(=O)[C@@H](C)Sc1nc2ccccc2c(=O)n1CC(C)C. The minimum Gasteiger partial charge on any atom is -0.324 e. The number of anilines is 1. The van der Waals surface area contributed by atoms with Crippen molar-refractivity contribution in [3.05, 3.63) is 64.4 Å². The summed E-state index contributed by atoms with van der Waals surface area (Å²) >= 11 is 1.24. The molecule has 0 fully saturated rings. The van der Waals surface area contributed by atoms with Crippen LogP contribution in [0.15, 0.2) is 58.5 Å². The third-order valence-electron chi connectivity index (χ3n) is 4.59. The van der Waals surface area contributed by atoms with Gasteiger partial charge in [-0.1, -0.05) is 49.9 Å². The molecule has 1 heterocycles. The van der Waals surface area contributed by atoms with E-state index in [9.17, 15) is 14.4 Å². The van der Waals surface area contributed by atoms with Gasteiger partial charge >= 0.3 is 0 Å². The van der Waals surface area contributed by atoms with Crippen molar-refractivity contribution in [2.24, 2.45) is 5.92 Å². The highest BCUT2D eigenvalue weighted by Crippen LogP contribution is 2.25. The second-order valence-corrected chi connectivity index (χ2v) is 8.88. The van der Waals surface area contributed by atoms with E-state index in [2.05, 4.69) is 10.3 Å². The number of rotatable bonds is 7. The fourth-order valence-corrected chi connectivity index (χ4v) is 4.03. The number of thioether (sulfide) groups is 1. The van der Waals surface area contributed by atoms with Crippen LogP contribution in [0.4, 0.5) is 5.69 Å². The monoisotopic (exact) mass is 423 g/mol. The fraction of sp³-hybridized carbons (Fsp3) is 0.304. The normalized spacial score (nSPS) is 12.2. The van der Waals surface area contributed by atoms with Gasteiger partial charge in [-0.2, -0.15) is 0 Å². The van der Waals surface area contributed by atoms with E-state index >= 15 is 0 Å². The van der Waals surface area contributed by atoms with Crippen LogP contribution in [0.25, 0.3) is 10.9 Å². The summed E-state index contributed by atoms with van der Waals surface area (Å²) < 4.78 is 1.64. The zero-order valence-electron chi connectivity index (χ0n) is 17.5. The molecule has 7 heteroatoms. The Labute approximate surface area is 179 Å². The summed E-state index contributed by atoms with van der Waals surface area (Å²) in [7, 11) is 0. The molecule has 0 bridgehead atoms. The molecular weight excluding hydrogens is 398 g/mol. The van der Waals surface area contributed by atoms with Crippen molar-refractivity contribution in [1.82, 2.24) is 9.55 Å². The van der Waals surface area contributed by atoms with Crippen LogP contribution < -0.4 is 10.9 Å². The van der Waals surface area contributed by atoms with E-state index in [1.54, 1.807) is 47.9 Å². The van der Waals surface area contributed by atoms with Crippen LogP contribution in [0, 0.1) is 5.92 Å². The van der Waals surface area contributed by atoms with Gasteiger partial charge in [0.2, 0.25) is 5.91 Å². The molecular formula is C23H25N3O3S. The predicted octanol–water partition coefficient (Wildman–Crippen LogP) is 4.37. The molecule has 3 rings (SSSR count). The first-order valence-corrected chi connectivity index (χ1v) is 10.7. The first kappa shape index (κ1) is 21.8. The highest BCUT2D eigenvalue weighted by Gasteiger charge is 2.21. The quantitative estimate of drug-likeness (QED) is 0.347. The molecule has 1 aromatic heterocycles. The maximum atomic E-state index is 13.0. The predicted molar refractivity (Wildman–Crippen MR) is 121 cm³/mol. The third-order valence-corrected chi connectivity index (χ3v) is 5.68. The van der Waals surface area contributed by atoms with Gasteiger partial charge in [0.15, 0.2) is 10.9 Å². The van der Waals surface area contributed by atoms with E-state index in [0.717, 1.165) is 0 Å². The Kier molecular flexibility index (Phi) is 6.72. The van der Waals surface area contributed by atoms with Gasteiger partial charge in [0.05, 0.1) is 21.8 Å². The first-order valence-electron chi connectivity index (χ1n) is 9.85. The molecule has 0 aliphatic heterocycles. The van der Waals surface area contributed by atoms with Crippen molar-refractivity contribution >= 4 is 40.0 Å². The van der Waals surface area contributed by atoms with Gasteiger partial charge in [-0.3, -0.25) is 19.0 Å². The number of para-hydroxylation sites is 2. The molecule has 6 nitrogen and oxygen atoms in total. The average Bonchev–Trinajstić information content (AvgIpc) is 2.70. The van der Waals surface area contributed by atoms with Crippen molar-refractivity contribution in [3.8, 4) is 0 Å². The first-order chi connectivity index (χ1) is 14.3. The number of nitrogens with zero attached hydrogens (tertiary/aromatic N) is 2. The minimum absolute atomic E-state index is 0.105. The average molecular weight is 424 g/mol. The molecule has 0 spiro atoms. The summed E-state index contributed by atoms with van der Waals surface area (Å²) in [4.78, 5) is 42.3. The standard InChI is InChI=1S/C23H25N3O3S/c1-14(2)13-26-22(29)18-10-6-8-12-20(18)25-23(26)30-16(4)21(28)24-19-11-7-5-9-17(19)15(3)27/h5-12,14,16H,13H2,1-4H3,(H,24,28)/t16-/m1/s1. The minimum atomic E-state index is -0.517. The molecule has 1 N–H and O–H groups in total. The lowest BCUT2D eigenvalue weighted by Gasteiger charge is -2.18. The molecule has 0 unspecified atom stereocenters. The molecule has 0 saturated carbocycles. The lowest BCUT2D eigenvalue weighted by Crippen LogP contribution is -2.28. The van der Waals surface area contributed by atoms with Crippen LogP contribution in [-0.4, -0.2) is 26.5 Å². The number of amides is 1. The molecule has 30 heavy (non-hydrogen) atoms. The van der Waals surface area contributed by atoms with E-state index in [1.165, 1.54) is 18.7 Å². The van der Waals surface area contributed by atoms with Crippen LogP contribution >= 0.6 is 11.8 Å². The summed E-state index contributed by atoms with van der Waals surface area (Å²) in [5.41, 5.74) is 1.45. The van der Waals surface area contributed by atoms with Crippen LogP contribution in [0.2, 0.25) is 0 Å². The summed E-state index contributed by atoms with van der Waals surface area (Å²) in [5, 5.41) is 3.38. The summed E-state index contributed by atoms with van der Waals surface area (Å²) in [5.74, 6) is -0.128. The summed E-state index contributed by atoms with van der Waals surface area (Å²) in [6.45, 7) is 7.81. The van der Waals surface area contributed by atoms with Crippen molar-refractivity contribution in [1.29, 1.82) is 0 Å². The number of nitrogens with one attached hydrogen (secondary N) is 1. The maximum absolute atomic E-state index is 13.0. The summed E-state index contributed by atoms with van der Waals surface area (Å²) in [6, 6.07) is 14.1. The maximum Gasteiger partial charge on any atom is 0.262 e. The van der Waals surface area contributed by atoms with E-state index in [0.29, 0.717) is 33.9 Å². The van der Waals surface area contributed by atoms with Gasteiger partial charge < -0.3 is 5.32 Å². The van der Waals surface area contributed by atoms with Crippen LogP contribution in [0.3, 0.4) is 0 Å². The topological polar surface area (TPSA) is 81.1 Å². The Morgan fingerprint density at radius 2 is 1.73 bits per heavy atom. The van der Waals surface area contributed by atoms with Crippen molar-refractivity contribution in [2.75, 3.05) is 5.32 Å². The van der Waals surface area contributed by atoms with Gasteiger partial charge in [0, 0.05) is 12.1 Å². The Morgan fingerprint density at radius 3 is 2.43 bits per heavy atom. The summed E-state index contributed by atoms with van der Waals surface area (Å²) in [6.07, 6.45) is 0. The Morgan fingerprint density at radius 1 is 1.07 bits per heavy atom. The molecule has 156 valence electrons. The van der Waals surface area contributed by atoms with Crippen LogP contribution in [0.5, 0.6) is 0 Å². The van der Waals surface area contributed by atoms with Gasteiger partial charge in [-0.15, -0.1) is 0 Å². The molecule has 0 aliphatic rings. The number of carbonyl (C=O) groups is 2. The number of aromatic nitrogens is 2. The Hall–Kier alpha value is -2.93. The van der Waals surface area contributed by atoms with E-state index in [-0.39, 0.29) is 23.2 Å². The van der Waals surface area contributed by atoms with E-state index < -0.39 is 5.25 Å². The van der Waals surface area contributed by atoms with Gasteiger partial charge in [0.1, 0.15) is 0 Å². The zero-order chi connectivity index (χ0) is 21.8. The van der Waals surface area contributed by atoms with Crippen LogP contribution in [-0.2, 0) is 11.3 Å². The number of hydrogen-bond acceptors (Lipinski definition) is 5. The number of hydrogen-bond donors (Lipinski definition) is 1. The fourth-order valence-electron chi connectivity index (χ4n) is 3.11. The van der Waals surface area contributed by atoms with Gasteiger partial charge in [0.25, 0.3) is 5.56 Å². The van der Waals surface area contributed by atoms with E-state index in [4.69, 9.17) is 0 Å². The second kappa shape index (κ2) is 9.26. The molecule has 1 atom stereocenters. The number of ketones is 1. The molecule has 2 aromatic carbocycles. The Bertz CT molecular complexity index is 1150. The number of Topliss-reactive ketones (excluding diaryl/α,β-unsaturated/α-hetero) is 1. The molecule has 0 saturated heterocycles. The Balaban J connectivity index is 1.90. The number of benzene rings is 2. The van der Waals surface area contributed by atoms with Crippen molar-refractivity contribution < 1.29 is 9.59 Å². The van der Waals surface area contributed by atoms with Crippen molar-refractivity contribution in [2.45, 2.75) is 44.6 Å². The highest BCUT2D eigenvalue weighted by molar-refractivity contribution is 8.00. The lowest BCUT2D eigenvalue weighted by atomic mass is 10.1. The van der Waals surface area contributed by atoms with Gasteiger partial charge in [-0.05, 0) is 44.0 Å². The molecule has 0 aliphatic carbocycles. The molecule has 0 radical (unpaired) electrons. The van der Waals surface area contributed by atoms with Crippen molar-refractivity contribution in [3.63, 3.8) is 0 Å². The smallest absolute Gasteiger partial charge is 0.262 e. The third kappa shape index (κ3) is 4.79. The molecule has 3 aromatic rings. The zero-order valence-corrected chi connectivity index (χ0v) is 18.3. The largest absolute Gasteiger partial charge is 0.324 e. The lowest BCUT2D eigenvalue weighted by molar-refractivity contribution is -0.115. The molecule has 1 amide bonds. The van der Waals surface area contributed by atoms with E-state index in [1.807, 2.05) is 26.0 Å². The number of carbonyl (C=O) groups excluding carboxylic acids is 2. The van der Waals surface area contributed by atoms with Gasteiger partial charge in [-0.25, -0.2) is 4.98 Å². The van der Waals surface area contributed by atoms with Crippen LogP contribution in [0.1, 0.15) is 38.1 Å².